The van der Waals surface area contributed by atoms with Gasteiger partial charge in [0.15, 0.2) is 0 Å². The molecule has 0 saturated heterocycles. The Labute approximate surface area is 85.1 Å². The highest BCUT2D eigenvalue weighted by atomic mass is 14.9. The quantitative estimate of drug-likeness (QED) is 0.724. The van der Waals surface area contributed by atoms with Gasteiger partial charge in [-0.15, -0.1) is 0 Å². The maximum Gasteiger partial charge on any atom is 0.137 e. The molecule has 2 heteroatoms. The minimum Gasteiger partial charge on any atom is -0.345 e. The van der Waals surface area contributed by atoms with Crippen molar-refractivity contribution in [3.05, 3.63) is 48.1 Å². The van der Waals surface area contributed by atoms with E-state index < -0.39 is 0 Å². The predicted octanol–water partition coefficient (Wildman–Crippen LogP) is 3.34. The summed E-state index contributed by atoms with van der Waals surface area (Å²) in [6.07, 6.45) is 7.68. The summed E-state index contributed by atoms with van der Waals surface area (Å²) in [5, 5.41) is 0. The summed E-state index contributed by atoms with van der Waals surface area (Å²) < 4.78 is 0. The highest BCUT2D eigenvalue weighted by Crippen LogP contribution is 2.15. The number of nitrogens with one attached hydrogen (secondary N) is 1. The van der Waals surface area contributed by atoms with Crippen LogP contribution in [0.3, 0.4) is 0 Å². The highest BCUT2D eigenvalue weighted by molar-refractivity contribution is 5.72. The summed E-state index contributed by atoms with van der Waals surface area (Å²) in [7, 11) is 0. The van der Waals surface area contributed by atoms with Crippen molar-refractivity contribution in [3.8, 4) is 0 Å². The molecule has 0 spiro atoms. The van der Waals surface area contributed by atoms with Crippen molar-refractivity contribution in [2.24, 2.45) is 0 Å². The molecule has 74 valence electrons. The molecule has 0 unspecified atom stereocenters. The van der Waals surface area contributed by atoms with Gasteiger partial charge in [0.1, 0.15) is 5.82 Å². The minimum atomic E-state index is 0.884. The van der Waals surface area contributed by atoms with E-state index in [9.17, 15) is 0 Å². The van der Waals surface area contributed by atoms with Crippen LogP contribution in [0.2, 0.25) is 0 Å². The second kappa shape index (κ2) is 4.61. The van der Waals surface area contributed by atoms with Gasteiger partial charge in [0.2, 0.25) is 0 Å². The van der Waals surface area contributed by atoms with E-state index in [4.69, 9.17) is 0 Å². The number of aromatic amines is 1. The van der Waals surface area contributed by atoms with E-state index >= 15 is 0 Å². The van der Waals surface area contributed by atoms with E-state index in [0.29, 0.717) is 0 Å². The van der Waals surface area contributed by atoms with Gasteiger partial charge in [0, 0.05) is 18.0 Å². The van der Waals surface area contributed by atoms with E-state index in [1.807, 2.05) is 19.2 Å². The smallest absolute Gasteiger partial charge is 0.137 e. The molecular formula is C12H16N2. The van der Waals surface area contributed by atoms with Crippen LogP contribution in [-0.4, -0.2) is 9.97 Å². The Morgan fingerprint density at radius 1 is 1.36 bits per heavy atom. The Morgan fingerprint density at radius 3 is 2.50 bits per heavy atom. The topological polar surface area (TPSA) is 28.7 Å². The molecule has 0 bridgehead atoms. The lowest BCUT2D eigenvalue weighted by molar-refractivity contribution is 1.23. The fraction of sp³-hybridized carbons (Fsp3) is 0.250. The first-order chi connectivity index (χ1) is 6.59. The Kier molecular flexibility index (Phi) is 3.46. The molecule has 2 nitrogen and oxygen atoms in total. The lowest BCUT2D eigenvalue weighted by Gasteiger charge is -1.99. The summed E-state index contributed by atoms with van der Waals surface area (Å²) >= 11 is 0. The summed E-state index contributed by atoms with van der Waals surface area (Å²) in [5.74, 6) is 0.884. The molecule has 0 aliphatic carbocycles. The van der Waals surface area contributed by atoms with Crippen molar-refractivity contribution < 1.29 is 0 Å². The van der Waals surface area contributed by atoms with Crippen molar-refractivity contribution in [1.82, 2.24) is 9.97 Å². The van der Waals surface area contributed by atoms with Crippen molar-refractivity contribution in [1.29, 1.82) is 0 Å². The Balaban J connectivity index is 3.07. The Hall–Kier alpha value is -1.57. The van der Waals surface area contributed by atoms with Gasteiger partial charge in [-0.2, -0.15) is 0 Å². The lowest BCUT2D eigenvalue weighted by atomic mass is 10.1. The third kappa shape index (κ3) is 3.05. The number of H-pyrrole nitrogens is 1. The Morgan fingerprint density at radius 2 is 2.07 bits per heavy atom. The van der Waals surface area contributed by atoms with Gasteiger partial charge in [0.25, 0.3) is 0 Å². The second-order valence-corrected chi connectivity index (χ2v) is 3.61. The first-order valence-corrected chi connectivity index (χ1v) is 4.61. The van der Waals surface area contributed by atoms with Gasteiger partial charge in [-0.05, 0) is 26.8 Å². The van der Waals surface area contributed by atoms with Crippen molar-refractivity contribution >= 4 is 5.57 Å². The van der Waals surface area contributed by atoms with Crippen LogP contribution < -0.4 is 0 Å². The second-order valence-electron chi connectivity index (χ2n) is 3.61. The van der Waals surface area contributed by atoms with Crippen molar-refractivity contribution in [2.45, 2.75) is 20.8 Å². The third-order valence-corrected chi connectivity index (χ3v) is 1.62. The number of rotatable bonds is 3. The molecular weight excluding hydrogens is 172 g/mol. The number of allylic oxidation sites excluding steroid dienone is 5. The average molecular weight is 188 g/mol. The molecule has 0 aliphatic heterocycles. The van der Waals surface area contributed by atoms with Gasteiger partial charge in [-0.3, -0.25) is 0 Å². The molecule has 0 radical (unpaired) electrons. The van der Waals surface area contributed by atoms with Crippen molar-refractivity contribution in [3.63, 3.8) is 0 Å². The van der Waals surface area contributed by atoms with Crippen molar-refractivity contribution in [2.75, 3.05) is 0 Å². The zero-order chi connectivity index (χ0) is 10.6. The molecule has 0 atom stereocenters. The zero-order valence-electron chi connectivity index (χ0n) is 8.96. The lowest BCUT2D eigenvalue weighted by Crippen LogP contribution is -1.85. The molecule has 0 saturated carbocycles. The van der Waals surface area contributed by atoms with E-state index in [1.54, 1.807) is 6.20 Å². The molecule has 1 aromatic heterocycles. The number of nitrogens with zero attached hydrogens (tertiary/aromatic N) is 1. The zero-order valence-corrected chi connectivity index (χ0v) is 8.96. The van der Waals surface area contributed by atoms with Crippen LogP contribution in [0, 0.1) is 0 Å². The molecule has 0 aliphatic rings. The maximum absolute atomic E-state index is 4.21. The molecule has 0 amide bonds. The molecule has 1 heterocycles. The first kappa shape index (κ1) is 10.5. The number of aromatic nitrogens is 2. The summed E-state index contributed by atoms with van der Waals surface area (Å²) in [6, 6.07) is 0. The van der Waals surface area contributed by atoms with Crippen LogP contribution in [0.4, 0.5) is 0 Å². The van der Waals surface area contributed by atoms with Crippen LogP contribution in [-0.2, 0) is 0 Å². The molecule has 0 fully saturated rings. The fourth-order valence-corrected chi connectivity index (χ4v) is 1.18. The third-order valence-electron chi connectivity index (χ3n) is 1.62. The van der Waals surface area contributed by atoms with Gasteiger partial charge in [-0.25, -0.2) is 4.98 Å². The number of hydrogen-bond donors (Lipinski definition) is 1. The van der Waals surface area contributed by atoms with E-state index in [0.717, 1.165) is 17.0 Å². The average Bonchev–Trinajstić information content (AvgIpc) is 2.52. The first-order valence-electron chi connectivity index (χ1n) is 4.61. The maximum atomic E-state index is 4.21. The minimum absolute atomic E-state index is 0.884. The summed E-state index contributed by atoms with van der Waals surface area (Å²) in [5.41, 5.74) is 3.34. The molecule has 1 aromatic rings. The van der Waals surface area contributed by atoms with Gasteiger partial charge < -0.3 is 4.98 Å². The standard InChI is InChI=1S/C12H16N2/c1-9(2)7-11(8-10(3)4)12-13-5-6-14-12/h5-8H,1H2,2-4H3,(H,13,14)/b11-7+. The summed E-state index contributed by atoms with van der Waals surface area (Å²) in [6.45, 7) is 9.97. The van der Waals surface area contributed by atoms with Crippen LogP contribution in [0.15, 0.2) is 42.3 Å². The summed E-state index contributed by atoms with van der Waals surface area (Å²) in [4.78, 5) is 7.30. The number of imidazole rings is 1. The van der Waals surface area contributed by atoms with E-state index in [2.05, 4.69) is 36.5 Å². The van der Waals surface area contributed by atoms with Gasteiger partial charge in [-0.1, -0.05) is 23.8 Å². The fourth-order valence-electron chi connectivity index (χ4n) is 1.18. The largest absolute Gasteiger partial charge is 0.345 e. The molecule has 1 N–H and O–H groups in total. The monoisotopic (exact) mass is 188 g/mol. The van der Waals surface area contributed by atoms with E-state index in [1.165, 1.54) is 5.57 Å². The number of hydrogen-bond acceptors (Lipinski definition) is 1. The van der Waals surface area contributed by atoms with E-state index in [-0.39, 0.29) is 0 Å². The SMILES string of the molecule is C=C(C)/C=C(\C=C(C)C)c1ncc[nH]1. The molecule has 0 aromatic carbocycles. The molecule has 14 heavy (non-hydrogen) atoms. The Bertz CT molecular complexity index is 363. The van der Waals surface area contributed by atoms with Crippen LogP contribution >= 0.6 is 0 Å². The van der Waals surface area contributed by atoms with Gasteiger partial charge in [0.05, 0.1) is 0 Å². The highest BCUT2D eigenvalue weighted by Gasteiger charge is 1.99. The van der Waals surface area contributed by atoms with Crippen LogP contribution in [0.25, 0.3) is 5.57 Å². The van der Waals surface area contributed by atoms with Gasteiger partial charge >= 0.3 is 0 Å². The van der Waals surface area contributed by atoms with Crippen LogP contribution in [0.5, 0.6) is 0 Å². The normalized spacial score (nSPS) is 11.2. The van der Waals surface area contributed by atoms with Crippen LogP contribution in [0.1, 0.15) is 26.6 Å². The predicted molar refractivity (Wildman–Crippen MR) is 60.8 cm³/mol. The molecule has 1 rings (SSSR count).